The Morgan fingerprint density at radius 2 is 2.25 bits per heavy atom. The summed E-state index contributed by atoms with van der Waals surface area (Å²) in [6, 6.07) is 0. The molecule has 1 rings (SSSR count). The van der Waals surface area contributed by atoms with Gasteiger partial charge in [0.15, 0.2) is 0 Å². The standard InChI is InChI=1S/C6H9ClN2O2S/c1-5-3-8-9(2)6(5)4-12(7,10)11/h3H,4H2,1-2H3. The largest absolute Gasteiger partial charge is 0.271 e. The van der Waals surface area contributed by atoms with Crippen molar-refractivity contribution < 1.29 is 8.42 Å². The average molecular weight is 209 g/mol. The molecule has 1 heterocycles. The van der Waals surface area contributed by atoms with E-state index in [4.69, 9.17) is 10.7 Å². The summed E-state index contributed by atoms with van der Waals surface area (Å²) in [6.07, 6.45) is 1.61. The van der Waals surface area contributed by atoms with Crippen LogP contribution in [0.25, 0.3) is 0 Å². The first-order valence-corrected chi connectivity index (χ1v) is 5.78. The van der Waals surface area contributed by atoms with Crippen LogP contribution >= 0.6 is 10.7 Å². The van der Waals surface area contributed by atoms with Crippen molar-refractivity contribution in [2.75, 3.05) is 0 Å². The molecule has 0 saturated heterocycles. The van der Waals surface area contributed by atoms with Crippen molar-refractivity contribution in [3.63, 3.8) is 0 Å². The predicted molar refractivity (Wildman–Crippen MR) is 46.4 cm³/mol. The Bertz CT molecular complexity index is 363. The maximum atomic E-state index is 10.7. The summed E-state index contributed by atoms with van der Waals surface area (Å²) in [4.78, 5) is 0. The highest BCUT2D eigenvalue weighted by atomic mass is 35.7. The molecule has 0 bridgehead atoms. The minimum Gasteiger partial charge on any atom is -0.271 e. The van der Waals surface area contributed by atoms with E-state index in [2.05, 4.69) is 5.10 Å². The molecule has 4 nitrogen and oxygen atoms in total. The van der Waals surface area contributed by atoms with Crippen LogP contribution in [0.15, 0.2) is 6.20 Å². The lowest BCUT2D eigenvalue weighted by atomic mass is 10.3. The Morgan fingerprint density at radius 1 is 1.67 bits per heavy atom. The van der Waals surface area contributed by atoms with Crippen molar-refractivity contribution in [1.82, 2.24) is 9.78 Å². The minimum atomic E-state index is -3.48. The van der Waals surface area contributed by atoms with Crippen LogP contribution in [-0.2, 0) is 21.9 Å². The van der Waals surface area contributed by atoms with Crippen molar-refractivity contribution in [1.29, 1.82) is 0 Å². The molecular formula is C6H9ClN2O2S. The molecule has 0 N–H and O–H groups in total. The summed E-state index contributed by atoms with van der Waals surface area (Å²) < 4.78 is 23.0. The summed E-state index contributed by atoms with van der Waals surface area (Å²) >= 11 is 0. The van der Waals surface area contributed by atoms with Crippen molar-refractivity contribution in [2.45, 2.75) is 12.7 Å². The highest BCUT2D eigenvalue weighted by Gasteiger charge is 2.12. The lowest BCUT2D eigenvalue weighted by Crippen LogP contribution is -2.04. The molecule has 1 aromatic heterocycles. The van der Waals surface area contributed by atoms with E-state index in [9.17, 15) is 8.42 Å². The van der Waals surface area contributed by atoms with Gasteiger partial charge in [0.05, 0.1) is 11.9 Å². The van der Waals surface area contributed by atoms with E-state index in [1.165, 1.54) is 4.68 Å². The predicted octanol–water partition coefficient (Wildman–Crippen LogP) is 0.797. The Hall–Kier alpha value is -0.550. The van der Waals surface area contributed by atoms with Crippen LogP contribution in [0.1, 0.15) is 11.3 Å². The smallest absolute Gasteiger partial charge is 0.238 e. The van der Waals surface area contributed by atoms with E-state index in [0.29, 0.717) is 5.69 Å². The number of halogens is 1. The number of nitrogens with zero attached hydrogens (tertiary/aromatic N) is 2. The molecule has 0 atom stereocenters. The number of hydrogen-bond acceptors (Lipinski definition) is 3. The zero-order chi connectivity index (χ0) is 9.35. The first kappa shape index (κ1) is 9.54. The van der Waals surface area contributed by atoms with E-state index in [1.807, 2.05) is 0 Å². The molecule has 0 aliphatic rings. The Balaban J connectivity index is 3.04. The van der Waals surface area contributed by atoms with Crippen LogP contribution in [-0.4, -0.2) is 18.2 Å². The zero-order valence-corrected chi connectivity index (χ0v) is 8.35. The molecule has 68 valence electrons. The van der Waals surface area contributed by atoms with Crippen molar-refractivity contribution in [2.24, 2.45) is 7.05 Å². The van der Waals surface area contributed by atoms with Gasteiger partial charge in [0.1, 0.15) is 5.75 Å². The van der Waals surface area contributed by atoms with Gasteiger partial charge in [-0.25, -0.2) is 8.42 Å². The molecular weight excluding hydrogens is 200 g/mol. The SMILES string of the molecule is Cc1cnn(C)c1CS(=O)(=O)Cl. The Kier molecular flexibility index (Phi) is 2.44. The van der Waals surface area contributed by atoms with Gasteiger partial charge in [-0.2, -0.15) is 5.10 Å². The van der Waals surface area contributed by atoms with E-state index in [-0.39, 0.29) is 5.75 Å². The molecule has 12 heavy (non-hydrogen) atoms. The third-order valence-corrected chi connectivity index (χ3v) is 2.53. The third kappa shape index (κ3) is 2.22. The van der Waals surface area contributed by atoms with Gasteiger partial charge in [-0.15, -0.1) is 0 Å². The topological polar surface area (TPSA) is 52.0 Å². The number of rotatable bonds is 2. The van der Waals surface area contributed by atoms with Gasteiger partial charge < -0.3 is 0 Å². The average Bonchev–Trinajstić information content (AvgIpc) is 2.16. The first-order chi connectivity index (χ1) is 5.40. The monoisotopic (exact) mass is 208 g/mol. The lowest BCUT2D eigenvalue weighted by molar-refractivity contribution is 0.605. The number of aromatic nitrogens is 2. The normalized spacial score (nSPS) is 11.9. The summed E-state index contributed by atoms with van der Waals surface area (Å²) in [7, 11) is 3.30. The van der Waals surface area contributed by atoms with Crippen LogP contribution in [0.2, 0.25) is 0 Å². The number of aryl methyl sites for hydroxylation is 2. The second-order valence-corrected chi connectivity index (χ2v) is 5.36. The van der Waals surface area contributed by atoms with Gasteiger partial charge in [0.2, 0.25) is 9.05 Å². The summed E-state index contributed by atoms with van der Waals surface area (Å²) in [5.74, 6) is -0.170. The molecule has 0 saturated carbocycles. The van der Waals surface area contributed by atoms with Gasteiger partial charge in [-0.3, -0.25) is 4.68 Å². The van der Waals surface area contributed by atoms with Gasteiger partial charge in [-0.05, 0) is 12.5 Å². The molecule has 0 spiro atoms. The summed E-state index contributed by atoms with van der Waals surface area (Å²) in [5, 5.41) is 3.89. The van der Waals surface area contributed by atoms with Gasteiger partial charge in [-0.1, -0.05) is 0 Å². The second kappa shape index (κ2) is 3.06. The van der Waals surface area contributed by atoms with Crippen LogP contribution in [0, 0.1) is 6.92 Å². The van der Waals surface area contributed by atoms with Gasteiger partial charge in [0.25, 0.3) is 0 Å². The second-order valence-electron chi connectivity index (χ2n) is 2.58. The van der Waals surface area contributed by atoms with Crippen molar-refractivity contribution in [3.8, 4) is 0 Å². The molecule has 0 aliphatic carbocycles. The Morgan fingerprint density at radius 3 is 2.58 bits per heavy atom. The molecule has 6 heteroatoms. The van der Waals surface area contributed by atoms with Crippen molar-refractivity contribution in [3.05, 3.63) is 17.5 Å². The molecule has 0 fully saturated rings. The van der Waals surface area contributed by atoms with E-state index < -0.39 is 9.05 Å². The summed E-state index contributed by atoms with van der Waals surface area (Å²) in [5.41, 5.74) is 1.46. The quantitative estimate of drug-likeness (QED) is 0.676. The fraction of sp³-hybridized carbons (Fsp3) is 0.500. The highest BCUT2D eigenvalue weighted by Crippen LogP contribution is 2.12. The van der Waals surface area contributed by atoms with E-state index in [1.54, 1.807) is 20.2 Å². The third-order valence-electron chi connectivity index (χ3n) is 1.58. The molecule has 0 unspecified atom stereocenters. The lowest BCUT2D eigenvalue weighted by Gasteiger charge is -1.99. The fourth-order valence-corrected chi connectivity index (χ4v) is 1.99. The zero-order valence-electron chi connectivity index (χ0n) is 6.78. The molecule has 0 aliphatic heterocycles. The number of hydrogen-bond donors (Lipinski definition) is 0. The molecule has 0 radical (unpaired) electrons. The van der Waals surface area contributed by atoms with E-state index in [0.717, 1.165) is 5.56 Å². The van der Waals surface area contributed by atoms with Gasteiger partial charge in [0, 0.05) is 17.7 Å². The highest BCUT2D eigenvalue weighted by molar-refractivity contribution is 8.13. The maximum absolute atomic E-state index is 10.7. The molecule has 1 aromatic rings. The molecule has 0 aromatic carbocycles. The molecule has 0 amide bonds. The fourth-order valence-electron chi connectivity index (χ4n) is 0.943. The van der Waals surface area contributed by atoms with Crippen LogP contribution < -0.4 is 0 Å². The van der Waals surface area contributed by atoms with Crippen LogP contribution in [0.4, 0.5) is 0 Å². The first-order valence-electron chi connectivity index (χ1n) is 3.30. The van der Waals surface area contributed by atoms with Crippen molar-refractivity contribution >= 4 is 19.7 Å². The maximum Gasteiger partial charge on any atom is 0.238 e. The van der Waals surface area contributed by atoms with Crippen LogP contribution in [0.5, 0.6) is 0 Å². The van der Waals surface area contributed by atoms with Crippen LogP contribution in [0.3, 0.4) is 0 Å². The Labute approximate surface area is 75.6 Å². The summed E-state index contributed by atoms with van der Waals surface area (Å²) in [6.45, 7) is 1.80. The minimum absolute atomic E-state index is 0.170. The van der Waals surface area contributed by atoms with E-state index >= 15 is 0 Å². The van der Waals surface area contributed by atoms with Gasteiger partial charge >= 0.3 is 0 Å².